The number of aromatic nitrogens is 1. The van der Waals surface area contributed by atoms with Gasteiger partial charge in [-0.3, -0.25) is 0 Å². The summed E-state index contributed by atoms with van der Waals surface area (Å²) in [5, 5.41) is 3.33. The molecule has 0 aliphatic rings. The first-order valence-electron chi connectivity index (χ1n) is 3.08. The number of hydrogen-bond acceptors (Lipinski definition) is 2. The van der Waals surface area contributed by atoms with Crippen molar-refractivity contribution >= 4 is 17.4 Å². The maximum Gasteiger partial charge on any atom is 0.145 e. The Morgan fingerprint density at radius 1 is 1.73 bits per heavy atom. The zero-order chi connectivity index (χ0) is 8.27. The average molecular weight is 167 g/mol. The van der Waals surface area contributed by atoms with Crippen LogP contribution in [0.4, 0.5) is 5.82 Å². The van der Waals surface area contributed by atoms with E-state index in [1.54, 1.807) is 19.3 Å². The van der Waals surface area contributed by atoms with E-state index in [0.29, 0.717) is 16.4 Å². The topological polar surface area (TPSA) is 24.9 Å². The van der Waals surface area contributed by atoms with E-state index in [9.17, 15) is 0 Å². The molecule has 0 amide bonds. The van der Waals surface area contributed by atoms with Gasteiger partial charge in [0.2, 0.25) is 0 Å². The molecule has 0 unspecified atom stereocenters. The van der Waals surface area contributed by atoms with Gasteiger partial charge in [0.05, 0.1) is 5.02 Å². The summed E-state index contributed by atoms with van der Waals surface area (Å²) in [6, 6.07) is 1.70. The lowest BCUT2D eigenvalue weighted by Gasteiger charge is -2.01. The molecule has 0 radical (unpaired) electrons. The maximum absolute atomic E-state index is 5.84. The van der Waals surface area contributed by atoms with Gasteiger partial charge in [-0.2, -0.15) is 0 Å². The van der Waals surface area contributed by atoms with Crippen LogP contribution in [0.1, 0.15) is 5.56 Å². The molecule has 0 aromatic carbocycles. The van der Waals surface area contributed by atoms with Gasteiger partial charge in [-0.25, -0.2) is 4.98 Å². The van der Waals surface area contributed by atoms with E-state index in [1.807, 2.05) is 0 Å². The molecule has 1 aromatic rings. The van der Waals surface area contributed by atoms with Gasteiger partial charge >= 0.3 is 0 Å². The molecule has 0 saturated heterocycles. The summed E-state index contributed by atoms with van der Waals surface area (Å²) >= 11 is 5.84. The number of anilines is 1. The molecule has 0 spiro atoms. The highest BCUT2D eigenvalue weighted by Gasteiger charge is 2.02. The quantitative estimate of drug-likeness (QED) is 0.644. The predicted molar refractivity (Wildman–Crippen MR) is 46.7 cm³/mol. The zero-order valence-corrected chi connectivity index (χ0v) is 6.81. The van der Waals surface area contributed by atoms with Crippen LogP contribution in [0.2, 0.25) is 5.02 Å². The fraction of sp³-hybridized carbons (Fsp3) is 0.125. The van der Waals surface area contributed by atoms with E-state index in [1.165, 1.54) is 0 Å². The third-order valence-electron chi connectivity index (χ3n) is 1.28. The second kappa shape index (κ2) is 3.27. The van der Waals surface area contributed by atoms with Crippen LogP contribution in [0.15, 0.2) is 12.3 Å². The Bertz CT molecular complexity index is 301. The SMILES string of the molecule is C#Cc1ccnc(NC)c1Cl. The number of terminal acetylenes is 1. The molecular weight excluding hydrogens is 160 g/mol. The minimum absolute atomic E-state index is 0.498. The fourth-order valence-electron chi connectivity index (χ4n) is 0.730. The van der Waals surface area contributed by atoms with Crippen LogP contribution in [0.25, 0.3) is 0 Å². The van der Waals surface area contributed by atoms with Crippen molar-refractivity contribution in [3.05, 3.63) is 22.8 Å². The van der Waals surface area contributed by atoms with Gasteiger partial charge in [-0.1, -0.05) is 17.5 Å². The van der Waals surface area contributed by atoms with Crippen LogP contribution in [0, 0.1) is 12.3 Å². The number of nitrogens with one attached hydrogen (secondary N) is 1. The maximum atomic E-state index is 5.84. The van der Waals surface area contributed by atoms with Crippen molar-refractivity contribution in [3.8, 4) is 12.3 Å². The Balaban J connectivity index is 3.23. The van der Waals surface area contributed by atoms with E-state index >= 15 is 0 Å². The summed E-state index contributed by atoms with van der Waals surface area (Å²) < 4.78 is 0. The molecule has 0 aliphatic heterocycles. The lowest BCUT2D eigenvalue weighted by atomic mass is 10.3. The van der Waals surface area contributed by atoms with E-state index in [0.717, 1.165) is 0 Å². The van der Waals surface area contributed by atoms with Crippen LogP contribution in [-0.2, 0) is 0 Å². The molecule has 1 heterocycles. The van der Waals surface area contributed by atoms with Gasteiger partial charge in [0.25, 0.3) is 0 Å². The summed E-state index contributed by atoms with van der Waals surface area (Å²) in [4.78, 5) is 3.97. The molecule has 1 rings (SSSR count). The van der Waals surface area contributed by atoms with Crippen LogP contribution in [0.3, 0.4) is 0 Å². The highest BCUT2D eigenvalue weighted by atomic mass is 35.5. The molecule has 2 nitrogen and oxygen atoms in total. The second-order valence-corrected chi connectivity index (χ2v) is 2.29. The summed E-state index contributed by atoms with van der Waals surface area (Å²) in [5.41, 5.74) is 0.658. The molecule has 0 atom stereocenters. The molecule has 11 heavy (non-hydrogen) atoms. The third-order valence-corrected chi connectivity index (χ3v) is 1.66. The van der Waals surface area contributed by atoms with Gasteiger partial charge in [-0.15, -0.1) is 6.42 Å². The van der Waals surface area contributed by atoms with Crippen LogP contribution < -0.4 is 5.32 Å². The van der Waals surface area contributed by atoms with Crippen molar-refractivity contribution in [1.29, 1.82) is 0 Å². The minimum Gasteiger partial charge on any atom is -0.372 e. The lowest BCUT2D eigenvalue weighted by molar-refractivity contribution is 1.28. The Labute approximate surface area is 70.6 Å². The zero-order valence-electron chi connectivity index (χ0n) is 6.06. The van der Waals surface area contributed by atoms with Gasteiger partial charge in [0.1, 0.15) is 5.82 Å². The number of hydrogen-bond donors (Lipinski definition) is 1. The number of nitrogens with zero attached hydrogens (tertiary/aromatic N) is 1. The summed E-state index contributed by atoms with van der Waals surface area (Å²) in [6.45, 7) is 0. The normalized spacial score (nSPS) is 8.82. The van der Waals surface area contributed by atoms with Gasteiger partial charge < -0.3 is 5.32 Å². The third kappa shape index (κ3) is 1.44. The van der Waals surface area contributed by atoms with Crippen LogP contribution >= 0.6 is 11.6 Å². The predicted octanol–water partition coefficient (Wildman–Crippen LogP) is 1.76. The van der Waals surface area contributed by atoms with Crippen molar-refractivity contribution in [2.45, 2.75) is 0 Å². The van der Waals surface area contributed by atoms with Crippen molar-refractivity contribution in [2.75, 3.05) is 12.4 Å². The summed E-state index contributed by atoms with van der Waals surface area (Å²) in [6.07, 6.45) is 6.80. The monoisotopic (exact) mass is 166 g/mol. The van der Waals surface area contributed by atoms with Crippen LogP contribution in [0.5, 0.6) is 0 Å². The Kier molecular flexibility index (Phi) is 2.35. The van der Waals surface area contributed by atoms with Crippen LogP contribution in [-0.4, -0.2) is 12.0 Å². The molecular formula is C8H7ClN2. The van der Waals surface area contributed by atoms with Crippen molar-refractivity contribution in [3.63, 3.8) is 0 Å². The first-order chi connectivity index (χ1) is 5.29. The Hall–Kier alpha value is -1.20. The molecule has 0 saturated carbocycles. The van der Waals surface area contributed by atoms with Gasteiger partial charge in [0.15, 0.2) is 0 Å². The number of rotatable bonds is 1. The Morgan fingerprint density at radius 3 is 3.00 bits per heavy atom. The van der Waals surface area contributed by atoms with Gasteiger partial charge in [-0.05, 0) is 6.07 Å². The Morgan fingerprint density at radius 2 is 2.45 bits per heavy atom. The highest BCUT2D eigenvalue weighted by molar-refractivity contribution is 6.34. The number of pyridine rings is 1. The van der Waals surface area contributed by atoms with E-state index < -0.39 is 0 Å². The van der Waals surface area contributed by atoms with Crippen molar-refractivity contribution in [2.24, 2.45) is 0 Å². The highest BCUT2D eigenvalue weighted by Crippen LogP contribution is 2.21. The fourth-order valence-corrected chi connectivity index (χ4v) is 0.990. The van der Waals surface area contributed by atoms with E-state index in [-0.39, 0.29) is 0 Å². The van der Waals surface area contributed by atoms with Gasteiger partial charge in [0, 0.05) is 18.8 Å². The molecule has 0 aliphatic carbocycles. The molecule has 1 aromatic heterocycles. The molecule has 1 N–H and O–H groups in total. The van der Waals surface area contributed by atoms with E-state index in [4.69, 9.17) is 18.0 Å². The lowest BCUT2D eigenvalue weighted by Crippen LogP contribution is -1.93. The standard InChI is InChI=1S/C8H7ClN2/c1-3-6-4-5-11-8(10-2)7(6)9/h1,4-5H,2H3,(H,10,11). The summed E-state index contributed by atoms with van der Waals surface area (Å²) in [5.74, 6) is 3.07. The smallest absolute Gasteiger partial charge is 0.145 e. The first kappa shape index (κ1) is 7.90. The average Bonchev–Trinajstić information content (AvgIpc) is 2.05. The molecule has 56 valence electrons. The molecule has 3 heteroatoms. The van der Waals surface area contributed by atoms with E-state index in [2.05, 4.69) is 16.2 Å². The second-order valence-electron chi connectivity index (χ2n) is 1.92. The van der Waals surface area contributed by atoms with Crippen molar-refractivity contribution in [1.82, 2.24) is 4.98 Å². The number of halogens is 1. The largest absolute Gasteiger partial charge is 0.372 e. The van der Waals surface area contributed by atoms with Crippen molar-refractivity contribution < 1.29 is 0 Å². The minimum atomic E-state index is 0.498. The molecule has 0 bridgehead atoms. The molecule has 0 fully saturated rings. The first-order valence-corrected chi connectivity index (χ1v) is 3.46. The summed E-state index contributed by atoms with van der Waals surface area (Å²) in [7, 11) is 1.74.